The van der Waals surface area contributed by atoms with Gasteiger partial charge in [0.25, 0.3) is 0 Å². The number of rotatable bonds is 5. The summed E-state index contributed by atoms with van der Waals surface area (Å²) in [6.45, 7) is 0. The fourth-order valence-electron chi connectivity index (χ4n) is 5.94. The first-order valence-corrected chi connectivity index (χ1v) is 14.6. The molecule has 0 saturated carbocycles. The summed E-state index contributed by atoms with van der Waals surface area (Å²) in [6.07, 6.45) is 8.70. The average Bonchev–Trinajstić information content (AvgIpc) is 3.47. The number of hydrogen-bond acceptors (Lipinski definition) is 4. The molecule has 0 N–H and O–H groups in total. The Balaban J connectivity index is 1.35. The van der Waals surface area contributed by atoms with E-state index in [9.17, 15) is 0 Å². The second kappa shape index (κ2) is 10.7. The van der Waals surface area contributed by atoms with Gasteiger partial charge in [-0.2, -0.15) is 0 Å². The zero-order chi connectivity index (χ0) is 28.6. The molecule has 0 unspecified atom stereocenters. The summed E-state index contributed by atoms with van der Waals surface area (Å²) in [6, 6.07) is 41.4. The van der Waals surface area contributed by atoms with Crippen molar-refractivity contribution in [3.05, 3.63) is 145 Å². The van der Waals surface area contributed by atoms with Crippen molar-refractivity contribution in [1.29, 1.82) is 0 Å². The van der Waals surface area contributed by atoms with E-state index in [2.05, 4.69) is 66.8 Å². The molecule has 0 spiro atoms. The number of nitrogens with zero attached hydrogens (tertiary/aromatic N) is 3. The lowest BCUT2D eigenvalue weighted by Crippen LogP contribution is -2.01. The molecular weight excluding hydrogens is 526 g/mol. The molecule has 204 valence electrons. The zero-order valence-electron chi connectivity index (χ0n) is 23.4. The van der Waals surface area contributed by atoms with E-state index in [-0.39, 0.29) is 0 Å². The van der Waals surface area contributed by atoms with Crippen molar-refractivity contribution in [3.8, 4) is 45.3 Å². The SMILES string of the molecule is C1=CCCC(c2ccc3oc4cccc(-c5ccccc5-c5nc(-c6ccccc6)nc(-c6ccccc6)n5)c4c3c2)=C1. The predicted molar refractivity (Wildman–Crippen MR) is 175 cm³/mol. The molecule has 43 heavy (non-hydrogen) atoms. The van der Waals surface area contributed by atoms with Crippen molar-refractivity contribution in [2.24, 2.45) is 0 Å². The van der Waals surface area contributed by atoms with Gasteiger partial charge in [-0.25, -0.2) is 15.0 Å². The number of benzene rings is 5. The highest BCUT2D eigenvalue weighted by Crippen LogP contribution is 2.41. The first-order valence-electron chi connectivity index (χ1n) is 14.6. The van der Waals surface area contributed by atoms with E-state index in [1.165, 1.54) is 11.1 Å². The number of furan rings is 1. The minimum atomic E-state index is 0.632. The maximum Gasteiger partial charge on any atom is 0.164 e. The Kier molecular flexibility index (Phi) is 6.23. The minimum absolute atomic E-state index is 0.632. The van der Waals surface area contributed by atoms with E-state index in [0.29, 0.717) is 17.5 Å². The fourth-order valence-corrected chi connectivity index (χ4v) is 5.94. The van der Waals surface area contributed by atoms with E-state index in [0.717, 1.165) is 62.6 Å². The Morgan fingerprint density at radius 2 is 1.16 bits per heavy atom. The molecule has 0 amide bonds. The summed E-state index contributed by atoms with van der Waals surface area (Å²) in [7, 11) is 0. The average molecular weight is 554 g/mol. The smallest absolute Gasteiger partial charge is 0.164 e. The Morgan fingerprint density at radius 1 is 0.512 bits per heavy atom. The first kappa shape index (κ1) is 25.1. The highest BCUT2D eigenvalue weighted by atomic mass is 16.3. The molecule has 0 radical (unpaired) electrons. The second-order valence-corrected chi connectivity index (χ2v) is 10.7. The molecule has 2 heterocycles. The second-order valence-electron chi connectivity index (χ2n) is 10.7. The van der Waals surface area contributed by atoms with Gasteiger partial charge in [-0.1, -0.05) is 121 Å². The van der Waals surface area contributed by atoms with Crippen LogP contribution in [-0.2, 0) is 0 Å². The van der Waals surface area contributed by atoms with Crippen LogP contribution in [0.2, 0.25) is 0 Å². The van der Waals surface area contributed by atoms with Crippen molar-refractivity contribution in [2.75, 3.05) is 0 Å². The largest absolute Gasteiger partial charge is 0.456 e. The third kappa shape index (κ3) is 4.63. The first-order chi connectivity index (χ1) is 21.3. The van der Waals surface area contributed by atoms with Crippen LogP contribution < -0.4 is 0 Å². The van der Waals surface area contributed by atoms with Crippen molar-refractivity contribution < 1.29 is 4.42 Å². The summed E-state index contributed by atoms with van der Waals surface area (Å²) >= 11 is 0. The minimum Gasteiger partial charge on any atom is -0.456 e. The van der Waals surface area contributed by atoms with Gasteiger partial charge in [-0.05, 0) is 53.3 Å². The lowest BCUT2D eigenvalue weighted by Gasteiger charge is -2.13. The van der Waals surface area contributed by atoms with E-state index in [1.54, 1.807) is 0 Å². The van der Waals surface area contributed by atoms with Crippen LogP contribution in [-0.4, -0.2) is 15.0 Å². The lowest BCUT2D eigenvalue weighted by atomic mass is 9.93. The van der Waals surface area contributed by atoms with E-state index in [1.807, 2.05) is 72.8 Å². The van der Waals surface area contributed by atoms with Gasteiger partial charge in [-0.3, -0.25) is 0 Å². The summed E-state index contributed by atoms with van der Waals surface area (Å²) in [5.41, 5.74) is 9.30. The van der Waals surface area contributed by atoms with Crippen molar-refractivity contribution in [2.45, 2.75) is 12.8 Å². The molecule has 4 nitrogen and oxygen atoms in total. The number of fused-ring (bicyclic) bond motifs is 3. The van der Waals surface area contributed by atoms with Gasteiger partial charge in [0, 0.05) is 27.5 Å². The van der Waals surface area contributed by atoms with Gasteiger partial charge in [0.2, 0.25) is 0 Å². The Labute approximate surface area is 249 Å². The molecular formula is C39H27N3O. The molecule has 0 saturated heterocycles. The van der Waals surface area contributed by atoms with Crippen LogP contribution in [0.3, 0.4) is 0 Å². The van der Waals surface area contributed by atoms with Gasteiger partial charge in [0.15, 0.2) is 17.5 Å². The van der Waals surface area contributed by atoms with Crippen LogP contribution in [0.15, 0.2) is 144 Å². The quantitative estimate of drug-likeness (QED) is 0.213. The molecule has 5 aromatic carbocycles. The molecule has 0 aliphatic heterocycles. The van der Waals surface area contributed by atoms with Crippen LogP contribution in [0.1, 0.15) is 18.4 Å². The van der Waals surface area contributed by atoms with Crippen LogP contribution in [0.5, 0.6) is 0 Å². The Bertz CT molecular complexity index is 2120. The monoisotopic (exact) mass is 553 g/mol. The van der Waals surface area contributed by atoms with E-state index < -0.39 is 0 Å². The van der Waals surface area contributed by atoms with Gasteiger partial charge in [-0.15, -0.1) is 0 Å². The Morgan fingerprint density at radius 3 is 1.86 bits per heavy atom. The maximum absolute atomic E-state index is 6.38. The standard InChI is InChI=1S/C39H27N3O/c1-4-13-26(14-5-1)29-23-24-34-33(25-29)36-31(21-12-22-35(36)43-34)30-19-10-11-20-32(30)39-41-37(27-15-6-2-7-16-27)40-38(42-39)28-17-8-3-9-18-28/h1-4,6-13,15-25H,5,14H2. The molecule has 8 rings (SSSR count). The van der Waals surface area contributed by atoms with Crippen molar-refractivity contribution in [1.82, 2.24) is 15.0 Å². The molecule has 0 fully saturated rings. The molecule has 2 aromatic heterocycles. The molecule has 1 aliphatic carbocycles. The van der Waals surface area contributed by atoms with Gasteiger partial charge < -0.3 is 4.42 Å². The predicted octanol–water partition coefficient (Wildman–Crippen LogP) is 10.2. The highest BCUT2D eigenvalue weighted by Gasteiger charge is 2.19. The molecule has 7 aromatic rings. The number of allylic oxidation sites excluding steroid dienone is 4. The number of hydrogen-bond donors (Lipinski definition) is 0. The summed E-state index contributed by atoms with van der Waals surface area (Å²) in [4.78, 5) is 15.0. The summed E-state index contributed by atoms with van der Waals surface area (Å²) < 4.78 is 6.38. The van der Waals surface area contributed by atoms with E-state index >= 15 is 0 Å². The normalized spacial score (nSPS) is 13.0. The molecule has 4 heteroatoms. The van der Waals surface area contributed by atoms with Gasteiger partial charge in [0.05, 0.1) is 0 Å². The summed E-state index contributed by atoms with van der Waals surface area (Å²) in [5, 5.41) is 2.21. The van der Waals surface area contributed by atoms with Crippen LogP contribution in [0, 0.1) is 0 Å². The highest BCUT2D eigenvalue weighted by molar-refractivity contribution is 6.14. The Hall–Kier alpha value is -5.61. The fraction of sp³-hybridized carbons (Fsp3) is 0.0513. The topological polar surface area (TPSA) is 51.8 Å². The van der Waals surface area contributed by atoms with E-state index in [4.69, 9.17) is 19.4 Å². The van der Waals surface area contributed by atoms with Crippen molar-refractivity contribution >= 4 is 27.5 Å². The number of aromatic nitrogens is 3. The lowest BCUT2D eigenvalue weighted by molar-refractivity contribution is 0.669. The third-order valence-electron chi connectivity index (χ3n) is 8.04. The molecule has 1 aliphatic rings. The van der Waals surface area contributed by atoms with Gasteiger partial charge >= 0.3 is 0 Å². The third-order valence-corrected chi connectivity index (χ3v) is 8.04. The summed E-state index contributed by atoms with van der Waals surface area (Å²) in [5.74, 6) is 1.92. The molecule has 0 bridgehead atoms. The maximum atomic E-state index is 6.38. The zero-order valence-corrected chi connectivity index (χ0v) is 23.4. The van der Waals surface area contributed by atoms with Gasteiger partial charge in [0.1, 0.15) is 11.2 Å². The van der Waals surface area contributed by atoms with Crippen LogP contribution in [0.4, 0.5) is 0 Å². The van der Waals surface area contributed by atoms with Crippen LogP contribution in [0.25, 0.3) is 72.8 Å². The van der Waals surface area contributed by atoms with Crippen molar-refractivity contribution in [3.63, 3.8) is 0 Å². The van der Waals surface area contributed by atoms with Crippen LogP contribution >= 0.6 is 0 Å². The molecule has 0 atom stereocenters.